The van der Waals surface area contributed by atoms with Crippen molar-refractivity contribution in [3.63, 3.8) is 0 Å². The highest BCUT2D eigenvalue weighted by Crippen LogP contribution is 2.39. The number of hydrogen-bond acceptors (Lipinski definition) is 6. The first kappa shape index (κ1) is 20.4. The molecule has 1 aliphatic carbocycles. The molecular formula is C24H24N4O4. The average Bonchev–Trinajstić information content (AvgIpc) is 3.28. The highest BCUT2D eigenvalue weighted by Gasteiger charge is 2.45. The minimum absolute atomic E-state index is 0.0766. The molecule has 2 aliphatic heterocycles. The van der Waals surface area contributed by atoms with Gasteiger partial charge < -0.3 is 10.2 Å². The number of nitrogens with zero attached hydrogens (tertiary/aromatic N) is 2. The fourth-order valence-electron chi connectivity index (χ4n) is 5.15. The molecule has 2 aromatic carbocycles. The molecule has 0 aromatic heterocycles. The Morgan fingerprint density at radius 3 is 2.53 bits per heavy atom. The van der Waals surface area contributed by atoms with Crippen LogP contribution >= 0.6 is 0 Å². The summed E-state index contributed by atoms with van der Waals surface area (Å²) in [6, 6.07) is 12.9. The maximum absolute atomic E-state index is 13.2. The van der Waals surface area contributed by atoms with Gasteiger partial charge >= 0.3 is 0 Å². The van der Waals surface area contributed by atoms with Crippen molar-refractivity contribution < 1.29 is 19.2 Å². The Labute approximate surface area is 185 Å². The summed E-state index contributed by atoms with van der Waals surface area (Å²) in [5.74, 6) is -1.98. The van der Waals surface area contributed by atoms with Gasteiger partial charge in [-0.25, -0.2) is 0 Å². The summed E-state index contributed by atoms with van der Waals surface area (Å²) in [7, 11) is 3.93. The average molecular weight is 432 g/mol. The summed E-state index contributed by atoms with van der Waals surface area (Å²) < 4.78 is 0. The summed E-state index contributed by atoms with van der Waals surface area (Å²) in [6.45, 7) is 0. The van der Waals surface area contributed by atoms with Crippen molar-refractivity contribution in [2.45, 2.75) is 37.4 Å². The fourth-order valence-corrected chi connectivity index (χ4v) is 5.15. The number of fused-ring (bicyclic) bond motifs is 2. The van der Waals surface area contributed by atoms with Crippen LogP contribution in [0.3, 0.4) is 0 Å². The maximum Gasteiger partial charge on any atom is 0.262 e. The van der Waals surface area contributed by atoms with Crippen LogP contribution in [0, 0.1) is 0 Å². The predicted octanol–water partition coefficient (Wildman–Crippen LogP) is 1.41. The van der Waals surface area contributed by atoms with Gasteiger partial charge in [0.1, 0.15) is 6.04 Å². The number of imide groups is 2. The molecule has 32 heavy (non-hydrogen) atoms. The van der Waals surface area contributed by atoms with Crippen LogP contribution in [0.4, 0.5) is 5.69 Å². The fraction of sp³-hybridized carbons (Fsp3) is 0.333. The molecule has 8 nitrogen and oxygen atoms in total. The van der Waals surface area contributed by atoms with Gasteiger partial charge in [0.15, 0.2) is 0 Å². The molecule has 1 saturated heterocycles. The molecule has 5 rings (SSSR count). The Morgan fingerprint density at radius 2 is 1.78 bits per heavy atom. The molecule has 0 radical (unpaired) electrons. The van der Waals surface area contributed by atoms with Crippen LogP contribution in [0.15, 0.2) is 42.5 Å². The molecule has 2 aromatic rings. The lowest BCUT2D eigenvalue weighted by molar-refractivity contribution is -0.136. The lowest BCUT2D eigenvalue weighted by Crippen LogP contribution is -2.54. The molecule has 3 atom stereocenters. The zero-order valence-electron chi connectivity index (χ0n) is 17.9. The van der Waals surface area contributed by atoms with Crippen LogP contribution in [0.2, 0.25) is 0 Å². The third-order valence-corrected chi connectivity index (χ3v) is 6.81. The Hall–Kier alpha value is -3.52. The summed E-state index contributed by atoms with van der Waals surface area (Å²) >= 11 is 0. The Bertz CT molecular complexity index is 1160. The second kappa shape index (κ2) is 7.56. The number of amides is 4. The largest absolute Gasteiger partial charge is 0.366 e. The van der Waals surface area contributed by atoms with Gasteiger partial charge in [-0.05, 0) is 49.2 Å². The van der Waals surface area contributed by atoms with E-state index in [1.165, 1.54) is 11.1 Å². The van der Waals surface area contributed by atoms with E-state index in [0.29, 0.717) is 0 Å². The number of carbonyl (C=O) groups is 4. The van der Waals surface area contributed by atoms with Gasteiger partial charge in [-0.2, -0.15) is 0 Å². The van der Waals surface area contributed by atoms with Crippen LogP contribution in [0.5, 0.6) is 0 Å². The smallest absolute Gasteiger partial charge is 0.262 e. The van der Waals surface area contributed by atoms with Gasteiger partial charge in [-0.1, -0.05) is 24.3 Å². The van der Waals surface area contributed by atoms with Crippen molar-refractivity contribution in [1.82, 2.24) is 15.5 Å². The molecule has 0 bridgehead atoms. The van der Waals surface area contributed by atoms with E-state index in [-0.39, 0.29) is 42.0 Å². The van der Waals surface area contributed by atoms with E-state index in [0.717, 1.165) is 17.0 Å². The number of nitrogens with one attached hydrogen (secondary N) is 2. The van der Waals surface area contributed by atoms with E-state index in [2.05, 4.69) is 27.7 Å². The molecule has 2 heterocycles. The van der Waals surface area contributed by atoms with Crippen LogP contribution in [-0.4, -0.2) is 54.7 Å². The Balaban J connectivity index is 1.46. The van der Waals surface area contributed by atoms with Crippen LogP contribution in [0.1, 0.15) is 50.7 Å². The van der Waals surface area contributed by atoms with Gasteiger partial charge in [0.2, 0.25) is 11.8 Å². The number of rotatable bonds is 4. The lowest BCUT2D eigenvalue weighted by atomic mass is 10.0. The molecule has 3 aliphatic rings. The van der Waals surface area contributed by atoms with Gasteiger partial charge in [0, 0.05) is 25.2 Å². The van der Waals surface area contributed by atoms with E-state index in [4.69, 9.17) is 0 Å². The second-order valence-corrected chi connectivity index (χ2v) is 8.53. The van der Waals surface area contributed by atoms with E-state index in [1.54, 1.807) is 12.1 Å². The Kier molecular flexibility index (Phi) is 4.82. The molecule has 1 fully saturated rings. The molecule has 164 valence electrons. The number of benzene rings is 2. The molecule has 0 spiro atoms. The minimum Gasteiger partial charge on any atom is -0.366 e. The van der Waals surface area contributed by atoms with Gasteiger partial charge in [-0.15, -0.1) is 0 Å². The summed E-state index contributed by atoms with van der Waals surface area (Å²) in [5, 5.41) is 5.62. The monoisotopic (exact) mass is 432 g/mol. The summed E-state index contributed by atoms with van der Waals surface area (Å²) in [6.07, 6.45) is 1.16. The number of anilines is 1. The number of piperidine rings is 1. The predicted molar refractivity (Wildman–Crippen MR) is 117 cm³/mol. The van der Waals surface area contributed by atoms with Gasteiger partial charge in [0.05, 0.1) is 17.2 Å². The molecule has 2 N–H and O–H groups in total. The van der Waals surface area contributed by atoms with Crippen LogP contribution in [0.25, 0.3) is 0 Å². The molecule has 0 saturated carbocycles. The first-order valence-electron chi connectivity index (χ1n) is 10.7. The van der Waals surface area contributed by atoms with Crippen LogP contribution < -0.4 is 15.5 Å². The number of likely N-dealkylation sites (N-methyl/N-ethyl adjacent to an activating group) is 2. The van der Waals surface area contributed by atoms with E-state index in [9.17, 15) is 19.2 Å². The molecule has 8 heteroatoms. The topological polar surface area (TPSA) is 98.8 Å². The maximum atomic E-state index is 13.2. The quantitative estimate of drug-likeness (QED) is 0.709. The highest BCUT2D eigenvalue weighted by atomic mass is 16.2. The van der Waals surface area contributed by atoms with Gasteiger partial charge in [0.25, 0.3) is 11.8 Å². The normalized spacial score (nSPS) is 24.4. The first-order valence-corrected chi connectivity index (χ1v) is 10.7. The Morgan fingerprint density at radius 1 is 1.03 bits per heavy atom. The molecule has 4 amide bonds. The van der Waals surface area contributed by atoms with Crippen LogP contribution in [-0.2, 0) is 16.0 Å². The third kappa shape index (κ3) is 3.02. The standard InChI is InChI=1S/C24H24N4O4/c1-25-18-11-13-5-3-4-6-15(13)21(18)27(2)14-7-8-16-17(12-14)24(32)28(23(16)31)19-9-10-20(29)26-22(19)30/h3-8,12,18-19,21,25H,9-11H2,1-2H3,(H,26,29,30). The second-order valence-electron chi connectivity index (χ2n) is 8.53. The lowest BCUT2D eigenvalue weighted by Gasteiger charge is -2.32. The third-order valence-electron chi connectivity index (χ3n) is 6.81. The zero-order chi connectivity index (χ0) is 22.6. The minimum atomic E-state index is -0.961. The number of carbonyl (C=O) groups excluding carboxylic acids is 4. The van der Waals surface area contributed by atoms with Gasteiger partial charge in [-0.3, -0.25) is 29.4 Å². The number of hydrogen-bond donors (Lipinski definition) is 2. The van der Waals surface area contributed by atoms with Crippen molar-refractivity contribution in [2.75, 3.05) is 19.0 Å². The van der Waals surface area contributed by atoms with E-state index < -0.39 is 23.8 Å². The SMILES string of the molecule is CNC1Cc2ccccc2C1N(C)c1ccc2c(c1)C(=O)N(C1CCC(=O)NC1=O)C2=O. The summed E-state index contributed by atoms with van der Waals surface area (Å²) in [5.41, 5.74) is 3.92. The van der Waals surface area contributed by atoms with E-state index in [1.807, 2.05) is 32.3 Å². The van der Waals surface area contributed by atoms with Crippen molar-refractivity contribution >= 4 is 29.3 Å². The first-order chi connectivity index (χ1) is 15.4. The summed E-state index contributed by atoms with van der Waals surface area (Å²) in [4.78, 5) is 53.0. The zero-order valence-corrected chi connectivity index (χ0v) is 17.9. The van der Waals surface area contributed by atoms with Crippen molar-refractivity contribution in [3.8, 4) is 0 Å². The van der Waals surface area contributed by atoms with Crippen molar-refractivity contribution in [2.24, 2.45) is 0 Å². The van der Waals surface area contributed by atoms with Crippen molar-refractivity contribution in [3.05, 3.63) is 64.7 Å². The molecule has 3 unspecified atom stereocenters. The van der Waals surface area contributed by atoms with Crippen molar-refractivity contribution in [1.29, 1.82) is 0 Å². The highest BCUT2D eigenvalue weighted by molar-refractivity contribution is 6.23. The van der Waals surface area contributed by atoms with E-state index >= 15 is 0 Å². The molecular weight excluding hydrogens is 408 g/mol.